The molecular formula is C20H19N5O. The largest absolute Gasteiger partial charge is 0.508 e. The van der Waals surface area contributed by atoms with Crippen molar-refractivity contribution in [1.29, 1.82) is 0 Å². The van der Waals surface area contributed by atoms with Crippen LogP contribution in [-0.4, -0.2) is 19.6 Å². The Morgan fingerprint density at radius 2 is 1.88 bits per heavy atom. The maximum Gasteiger partial charge on any atom is 0.203 e. The Hall–Kier alpha value is -3.54. The number of benzene rings is 2. The molecule has 2 aromatic heterocycles. The van der Waals surface area contributed by atoms with E-state index in [1.807, 2.05) is 41.9 Å². The van der Waals surface area contributed by atoms with Crippen LogP contribution in [0.3, 0.4) is 0 Å². The van der Waals surface area contributed by atoms with E-state index in [9.17, 15) is 5.11 Å². The lowest BCUT2D eigenvalue weighted by Gasteiger charge is -2.07. The van der Waals surface area contributed by atoms with Crippen molar-refractivity contribution in [2.45, 2.75) is 6.54 Å². The molecule has 2 heterocycles. The van der Waals surface area contributed by atoms with Gasteiger partial charge in [0.25, 0.3) is 0 Å². The van der Waals surface area contributed by atoms with Crippen molar-refractivity contribution in [2.24, 2.45) is 7.05 Å². The molecule has 0 saturated heterocycles. The van der Waals surface area contributed by atoms with E-state index in [0.717, 1.165) is 22.7 Å². The number of nitrogens with one attached hydrogen (secondary N) is 2. The third-order valence-corrected chi connectivity index (χ3v) is 4.18. The summed E-state index contributed by atoms with van der Waals surface area (Å²) in [6.07, 6.45) is 1.74. The number of imidazole rings is 1. The Morgan fingerprint density at radius 3 is 2.69 bits per heavy atom. The number of phenols is 1. The number of rotatable bonds is 5. The van der Waals surface area contributed by atoms with Crippen LogP contribution >= 0.6 is 0 Å². The van der Waals surface area contributed by atoms with Crippen LogP contribution in [0.5, 0.6) is 5.75 Å². The molecule has 0 fully saturated rings. The summed E-state index contributed by atoms with van der Waals surface area (Å²) in [5.74, 6) is 1.70. The Labute approximate surface area is 151 Å². The summed E-state index contributed by atoms with van der Waals surface area (Å²) in [5.41, 5.74) is 3.77. The molecule has 6 nitrogen and oxygen atoms in total. The van der Waals surface area contributed by atoms with Gasteiger partial charge in [0.1, 0.15) is 17.1 Å². The van der Waals surface area contributed by atoms with E-state index >= 15 is 0 Å². The van der Waals surface area contributed by atoms with Crippen molar-refractivity contribution in [2.75, 3.05) is 10.6 Å². The average Bonchev–Trinajstić information content (AvgIpc) is 2.97. The topological polar surface area (TPSA) is 75.0 Å². The SMILES string of the molecule is Cn1c(NCc2ccccc2)nc2cnc(Nc3cccc(O)c3)cc21. The minimum absolute atomic E-state index is 0.212. The second kappa shape index (κ2) is 6.76. The van der Waals surface area contributed by atoms with Gasteiger partial charge in [-0.3, -0.25) is 0 Å². The minimum atomic E-state index is 0.212. The lowest BCUT2D eigenvalue weighted by atomic mass is 10.2. The first kappa shape index (κ1) is 16.0. The molecule has 0 atom stereocenters. The summed E-state index contributed by atoms with van der Waals surface area (Å²) < 4.78 is 2.01. The van der Waals surface area contributed by atoms with Gasteiger partial charge >= 0.3 is 0 Å². The summed E-state index contributed by atoms with van der Waals surface area (Å²) in [6.45, 7) is 0.708. The molecular weight excluding hydrogens is 326 g/mol. The number of fused-ring (bicyclic) bond motifs is 1. The van der Waals surface area contributed by atoms with Crippen LogP contribution in [0.2, 0.25) is 0 Å². The number of aromatic nitrogens is 3. The van der Waals surface area contributed by atoms with Gasteiger partial charge in [-0.1, -0.05) is 36.4 Å². The molecule has 0 bridgehead atoms. The minimum Gasteiger partial charge on any atom is -0.508 e. The lowest BCUT2D eigenvalue weighted by Crippen LogP contribution is -2.04. The van der Waals surface area contributed by atoms with Gasteiger partial charge in [0, 0.05) is 31.4 Å². The predicted molar refractivity (Wildman–Crippen MR) is 104 cm³/mol. The number of anilines is 3. The van der Waals surface area contributed by atoms with Crippen LogP contribution in [0.15, 0.2) is 66.9 Å². The van der Waals surface area contributed by atoms with Gasteiger partial charge in [-0.2, -0.15) is 0 Å². The van der Waals surface area contributed by atoms with Crippen molar-refractivity contribution in [3.63, 3.8) is 0 Å². The molecule has 26 heavy (non-hydrogen) atoms. The quantitative estimate of drug-likeness (QED) is 0.509. The van der Waals surface area contributed by atoms with E-state index in [0.29, 0.717) is 12.4 Å². The first-order chi connectivity index (χ1) is 12.7. The molecule has 0 saturated carbocycles. The summed E-state index contributed by atoms with van der Waals surface area (Å²) >= 11 is 0. The first-order valence-corrected chi connectivity index (χ1v) is 8.35. The maximum atomic E-state index is 9.58. The highest BCUT2D eigenvalue weighted by Crippen LogP contribution is 2.24. The maximum absolute atomic E-state index is 9.58. The Kier molecular flexibility index (Phi) is 4.15. The van der Waals surface area contributed by atoms with Crippen LogP contribution in [0.1, 0.15) is 5.56 Å². The molecule has 2 aromatic carbocycles. The lowest BCUT2D eigenvalue weighted by molar-refractivity contribution is 0.475. The summed E-state index contributed by atoms with van der Waals surface area (Å²) in [4.78, 5) is 9.02. The fourth-order valence-corrected chi connectivity index (χ4v) is 2.83. The van der Waals surface area contributed by atoms with Crippen LogP contribution in [0.25, 0.3) is 11.0 Å². The summed E-state index contributed by atoms with van der Waals surface area (Å²) in [6, 6.07) is 19.1. The van der Waals surface area contributed by atoms with Crippen LogP contribution in [0, 0.1) is 0 Å². The van der Waals surface area contributed by atoms with E-state index in [1.54, 1.807) is 24.4 Å². The Morgan fingerprint density at radius 1 is 1.04 bits per heavy atom. The van der Waals surface area contributed by atoms with Crippen molar-refractivity contribution >= 4 is 28.5 Å². The number of aromatic hydroxyl groups is 1. The Balaban J connectivity index is 1.57. The average molecular weight is 345 g/mol. The predicted octanol–water partition coefficient (Wildman–Crippen LogP) is 4.03. The van der Waals surface area contributed by atoms with Crippen molar-refractivity contribution in [3.05, 3.63) is 72.4 Å². The second-order valence-electron chi connectivity index (χ2n) is 6.07. The van der Waals surface area contributed by atoms with E-state index in [4.69, 9.17) is 0 Å². The fourth-order valence-electron chi connectivity index (χ4n) is 2.83. The van der Waals surface area contributed by atoms with Crippen LogP contribution in [0.4, 0.5) is 17.5 Å². The number of nitrogens with zero attached hydrogens (tertiary/aromatic N) is 3. The van der Waals surface area contributed by atoms with Crippen molar-refractivity contribution in [3.8, 4) is 5.75 Å². The molecule has 0 aliphatic carbocycles. The molecule has 3 N–H and O–H groups in total. The number of pyridine rings is 1. The molecule has 0 unspecified atom stereocenters. The molecule has 0 amide bonds. The zero-order chi connectivity index (χ0) is 17.9. The summed E-state index contributed by atoms with van der Waals surface area (Å²) in [5, 5.41) is 16.1. The number of hydrogen-bond acceptors (Lipinski definition) is 5. The standard InChI is InChI=1S/C20H19N5O/c1-25-18-11-19(23-15-8-5-9-16(26)10-15)21-13-17(18)24-20(25)22-12-14-6-3-2-4-7-14/h2-11,13,26H,12H2,1H3,(H,21,23)(H,22,24). The highest BCUT2D eigenvalue weighted by Gasteiger charge is 2.09. The van der Waals surface area contributed by atoms with Crippen LogP contribution in [-0.2, 0) is 13.6 Å². The third kappa shape index (κ3) is 3.30. The molecule has 130 valence electrons. The van der Waals surface area contributed by atoms with Gasteiger partial charge < -0.3 is 20.3 Å². The monoisotopic (exact) mass is 345 g/mol. The molecule has 4 rings (SSSR count). The zero-order valence-corrected chi connectivity index (χ0v) is 14.3. The highest BCUT2D eigenvalue weighted by molar-refractivity contribution is 5.81. The van der Waals surface area contributed by atoms with E-state index in [-0.39, 0.29) is 5.75 Å². The fraction of sp³-hybridized carbons (Fsp3) is 0.100. The molecule has 0 aliphatic rings. The van der Waals surface area contributed by atoms with Gasteiger partial charge in [-0.25, -0.2) is 9.97 Å². The van der Waals surface area contributed by atoms with Gasteiger partial charge in [-0.15, -0.1) is 0 Å². The molecule has 0 spiro atoms. The number of phenolic OH excluding ortho intramolecular Hbond substituents is 1. The molecule has 0 aliphatic heterocycles. The van der Waals surface area contributed by atoms with Crippen molar-refractivity contribution < 1.29 is 5.11 Å². The van der Waals surface area contributed by atoms with Crippen LogP contribution < -0.4 is 10.6 Å². The van der Waals surface area contributed by atoms with E-state index in [2.05, 4.69) is 32.7 Å². The number of aryl methyl sites for hydroxylation is 1. The molecule has 4 aromatic rings. The molecule has 6 heteroatoms. The molecule has 0 radical (unpaired) electrons. The zero-order valence-electron chi connectivity index (χ0n) is 14.3. The smallest absolute Gasteiger partial charge is 0.203 e. The highest BCUT2D eigenvalue weighted by atomic mass is 16.3. The number of hydrogen-bond donors (Lipinski definition) is 3. The van der Waals surface area contributed by atoms with Gasteiger partial charge in [0.2, 0.25) is 5.95 Å². The van der Waals surface area contributed by atoms with Gasteiger partial charge in [0.05, 0.1) is 11.7 Å². The summed E-state index contributed by atoms with van der Waals surface area (Å²) in [7, 11) is 1.97. The first-order valence-electron chi connectivity index (χ1n) is 8.35. The van der Waals surface area contributed by atoms with Gasteiger partial charge in [-0.05, 0) is 17.7 Å². The van der Waals surface area contributed by atoms with E-state index < -0.39 is 0 Å². The Bertz CT molecular complexity index is 1040. The normalized spacial score (nSPS) is 10.8. The third-order valence-electron chi connectivity index (χ3n) is 4.18. The van der Waals surface area contributed by atoms with Crippen molar-refractivity contribution in [1.82, 2.24) is 14.5 Å². The van der Waals surface area contributed by atoms with E-state index in [1.165, 1.54) is 5.56 Å². The second-order valence-corrected chi connectivity index (χ2v) is 6.07. The van der Waals surface area contributed by atoms with Gasteiger partial charge in [0.15, 0.2) is 0 Å².